The van der Waals surface area contributed by atoms with Gasteiger partial charge < -0.3 is 15.0 Å². The number of ether oxygens (including phenoxy) is 1. The number of hydrogen-bond donors (Lipinski definition) is 1. The van der Waals surface area contributed by atoms with Crippen molar-refractivity contribution in [2.45, 2.75) is 32.7 Å². The lowest BCUT2D eigenvalue weighted by molar-refractivity contribution is -0.117. The molecular formula is C21H23ClN2O3. The summed E-state index contributed by atoms with van der Waals surface area (Å²) < 4.78 is 5.41. The predicted molar refractivity (Wildman–Crippen MR) is 107 cm³/mol. The highest BCUT2D eigenvalue weighted by Crippen LogP contribution is 2.31. The monoisotopic (exact) mass is 386 g/mol. The van der Waals surface area contributed by atoms with Crippen LogP contribution in [0.4, 0.5) is 5.69 Å². The van der Waals surface area contributed by atoms with Crippen LogP contribution in [0.1, 0.15) is 47.3 Å². The summed E-state index contributed by atoms with van der Waals surface area (Å²) >= 11 is 6.26. The summed E-state index contributed by atoms with van der Waals surface area (Å²) in [5.41, 5.74) is 3.06. The van der Waals surface area contributed by atoms with E-state index in [2.05, 4.69) is 5.32 Å². The zero-order valence-electron chi connectivity index (χ0n) is 15.7. The molecule has 2 aromatic rings. The van der Waals surface area contributed by atoms with Gasteiger partial charge in [0.2, 0.25) is 5.91 Å². The Balaban J connectivity index is 1.82. The minimum Gasteiger partial charge on any atom is -0.496 e. The average Bonchev–Trinajstić information content (AvgIpc) is 3.07. The zero-order chi connectivity index (χ0) is 19.6. The number of anilines is 1. The van der Waals surface area contributed by atoms with Crippen LogP contribution in [0.2, 0.25) is 5.02 Å². The molecule has 0 saturated carbocycles. The lowest BCUT2D eigenvalue weighted by Crippen LogP contribution is -2.28. The second-order valence-corrected chi connectivity index (χ2v) is 7.16. The van der Waals surface area contributed by atoms with Gasteiger partial charge in [0.1, 0.15) is 5.75 Å². The van der Waals surface area contributed by atoms with Crippen molar-refractivity contribution in [3.63, 3.8) is 0 Å². The largest absolute Gasteiger partial charge is 0.496 e. The zero-order valence-corrected chi connectivity index (χ0v) is 16.5. The minimum absolute atomic E-state index is 0.0346. The maximum atomic E-state index is 12.8. The second kappa shape index (κ2) is 8.01. The first kappa shape index (κ1) is 19.2. The van der Waals surface area contributed by atoms with Crippen molar-refractivity contribution in [1.29, 1.82) is 0 Å². The fourth-order valence-corrected chi connectivity index (χ4v) is 3.53. The van der Waals surface area contributed by atoms with Crippen LogP contribution in [0, 0.1) is 6.92 Å². The van der Waals surface area contributed by atoms with Gasteiger partial charge in [-0.1, -0.05) is 29.3 Å². The third-order valence-electron chi connectivity index (χ3n) is 4.77. The van der Waals surface area contributed by atoms with Crippen LogP contribution in [-0.2, 0) is 4.79 Å². The number of hydrogen-bond acceptors (Lipinski definition) is 3. The third-order valence-corrected chi connectivity index (χ3v) is 5.09. The maximum Gasteiger partial charge on any atom is 0.251 e. The fourth-order valence-electron chi connectivity index (χ4n) is 3.31. The molecule has 0 aromatic heterocycles. The molecule has 27 heavy (non-hydrogen) atoms. The number of aryl methyl sites for hydroxylation is 1. The van der Waals surface area contributed by atoms with Gasteiger partial charge in [-0.25, -0.2) is 0 Å². The van der Waals surface area contributed by atoms with Crippen molar-refractivity contribution in [2.24, 2.45) is 0 Å². The number of nitrogens with one attached hydrogen (secondary N) is 1. The molecule has 1 heterocycles. The standard InChI is InChI=1S/C21H23ClN2O3/c1-13-6-9-19(27-3)16(11-13)14(2)23-21(26)15-7-8-17(22)18(12-15)24-10-4-5-20(24)25/h6-9,11-12,14H,4-5,10H2,1-3H3,(H,23,26). The molecule has 1 saturated heterocycles. The van der Waals surface area contributed by atoms with Crippen molar-refractivity contribution in [3.05, 3.63) is 58.1 Å². The van der Waals surface area contributed by atoms with Crippen LogP contribution in [0.15, 0.2) is 36.4 Å². The molecule has 142 valence electrons. The van der Waals surface area contributed by atoms with E-state index in [1.54, 1.807) is 30.2 Å². The molecule has 1 unspecified atom stereocenters. The van der Waals surface area contributed by atoms with Crippen LogP contribution in [0.25, 0.3) is 0 Å². The van der Waals surface area contributed by atoms with Gasteiger partial charge in [-0.05, 0) is 44.5 Å². The molecule has 0 bridgehead atoms. The first-order valence-corrected chi connectivity index (χ1v) is 9.34. The highest BCUT2D eigenvalue weighted by atomic mass is 35.5. The number of benzene rings is 2. The van der Waals surface area contributed by atoms with Gasteiger partial charge in [0.25, 0.3) is 5.91 Å². The van der Waals surface area contributed by atoms with Crippen LogP contribution in [0.3, 0.4) is 0 Å². The molecule has 1 aliphatic heterocycles. The van der Waals surface area contributed by atoms with Gasteiger partial charge in [0.05, 0.1) is 23.9 Å². The first-order valence-electron chi connectivity index (χ1n) is 8.96. The number of carbonyl (C=O) groups excluding carboxylic acids is 2. The van der Waals surface area contributed by atoms with Crippen LogP contribution in [0.5, 0.6) is 5.75 Å². The first-order chi connectivity index (χ1) is 12.9. The van der Waals surface area contributed by atoms with Crippen molar-refractivity contribution < 1.29 is 14.3 Å². The molecule has 6 heteroatoms. The van der Waals surface area contributed by atoms with E-state index in [-0.39, 0.29) is 17.9 Å². The van der Waals surface area contributed by atoms with Gasteiger partial charge in [0, 0.05) is 24.1 Å². The van der Waals surface area contributed by atoms with Gasteiger partial charge >= 0.3 is 0 Å². The minimum atomic E-state index is -0.236. The van der Waals surface area contributed by atoms with E-state index in [0.717, 1.165) is 23.3 Å². The van der Waals surface area contributed by atoms with Crippen molar-refractivity contribution >= 4 is 29.1 Å². The summed E-state index contributed by atoms with van der Waals surface area (Å²) in [4.78, 5) is 26.4. The highest BCUT2D eigenvalue weighted by molar-refractivity contribution is 6.34. The van der Waals surface area contributed by atoms with E-state index in [1.807, 2.05) is 32.0 Å². The van der Waals surface area contributed by atoms with Crippen molar-refractivity contribution in [3.8, 4) is 5.75 Å². The lowest BCUT2D eigenvalue weighted by Gasteiger charge is -2.20. The van der Waals surface area contributed by atoms with Gasteiger partial charge in [-0.2, -0.15) is 0 Å². The number of nitrogens with zero attached hydrogens (tertiary/aromatic N) is 1. The summed E-state index contributed by atoms with van der Waals surface area (Å²) in [5, 5.41) is 3.47. The Morgan fingerprint density at radius 3 is 2.70 bits per heavy atom. The Morgan fingerprint density at radius 1 is 1.26 bits per heavy atom. The number of carbonyl (C=O) groups is 2. The van der Waals surface area contributed by atoms with Gasteiger partial charge in [-0.15, -0.1) is 0 Å². The molecular weight excluding hydrogens is 364 g/mol. The van der Waals surface area contributed by atoms with Crippen molar-refractivity contribution in [1.82, 2.24) is 5.32 Å². The normalized spacial score (nSPS) is 15.0. The molecule has 1 aliphatic rings. The molecule has 2 aromatic carbocycles. The molecule has 3 rings (SSSR count). The summed E-state index contributed by atoms with van der Waals surface area (Å²) in [5.74, 6) is 0.538. The number of rotatable bonds is 5. The Hall–Kier alpha value is -2.53. The molecule has 5 nitrogen and oxygen atoms in total. The van der Waals surface area contributed by atoms with Gasteiger partial charge in [-0.3, -0.25) is 9.59 Å². The summed E-state index contributed by atoms with van der Waals surface area (Å²) in [6.07, 6.45) is 1.31. The average molecular weight is 387 g/mol. The molecule has 2 amide bonds. The summed E-state index contributed by atoms with van der Waals surface area (Å²) in [6, 6.07) is 10.6. The number of halogens is 1. The van der Waals surface area contributed by atoms with E-state index < -0.39 is 0 Å². The predicted octanol–water partition coefficient (Wildman–Crippen LogP) is 4.27. The SMILES string of the molecule is COc1ccc(C)cc1C(C)NC(=O)c1ccc(Cl)c(N2CCCC2=O)c1. The van der Waals surface area contributed by atoms with Crippen LogP contribution >= 0.6 is 11.6 Å². The van der Waals surface area contributed by atoms with E-state index >= 15 is 0 Å². The van der Waals surface area contributed by atoms with E-state index in [9.17, 15) is 9.59 Å². The van der Waals surface area contributed by atoms with Crippen molar-refractivity contribution in [2.75, 3.05) is 18.6 Å². The maximum absolute atomic E-state index is 12.8. The fraction of sp³-hybridized carbons (Fsp3) is 0.333. The third kappa shape index (κ3) is 4.08. The topological polar surface area (TPSA) is 58.6 Å². The smallest absolute Gasteiger partial charge is 0.251 e. The highest BCUT2D eigenvalue weighted by Gasteiger charge is 2.25. The Kier molecular flexibility index (Phi) is 5.71. The molecule has 1 fully saturated rings. The number of amides is 2. The lowest BCUT2D eigenvalue weighted by atomic mass is 10.0. The molecule has 1 atom stereocenters. The van der Waals surface area contributed by atoms with E-state index in [4.69, 9.17) is 16.3 Å². The quantitative estimate of drug-likeness (QED) is 0.834. The van der Waals surface area contributed by atoms with E-state index in [0.29, 0.717) is 29.2 Å². The Morgan fingerprint density at radius 2 is 2.04 bits per heavy atom. The van der Waals surface area contributed by atoms with Crippen LogP contribution < -0.4 is 15.0 Å². The molecule has 0 spiro atoms. The second-order valence-electron chi connectivity index (χ2n) is 6.76. The van der Waals surface area contributed by atoms with Crippen LogP contribution in [-0.4, -0.2) is 25.5 Å². The number of methoxy groups -OCH3 is 1. The van der Waals surface area contributed by atoms with Gasteiger partial charge in [0.15, 0.2) is 0 Å². The summed E-state index contributed by atoms with van der Waals surface area (Å²) in [6.45, 7) is 4.53. The Labute approximate surface area is 164 Å². The Bertz CT molecular complexity index is 882. The summed E-state index contributed by atoms with van der Waals surface area (Å²) in [7, 11) is 1.61. The molecule has 0 aliphatic carbocycles. The molecule has 0 radical (unpaired) electrons. The molecule has 1 N–H and O–H groups in total. The van der Waals surface area contributed by atoms with E-state index in [1.165, 1.54) is 0 Å².